The van der Waals surface area contributed by atoms with Gasteiger partial charge in [0.25, 0.3) is 0 Å². The van der Waals surface area contributed by atoms with Gasteiger partial charge in [0.05, 0.1) is 0 Å². The van der Waals surface area contributed by atoms with Crippen molar-refractivity contribution in [2.24, 2.45) is 0 Å². The van der Waals surface area contributed by atoms with E-state index in [1.165, 1.54) is 5.56 Å². The lowest BCUT2D eigenvalue weighted by Crippen LogP contribution is -2.08. The molecule has 18 heavy (non-hydrogen) atoms. The second kappa shape index (κ2) is 6.59. The molecule has 0 aliphatic rings. The third-order valence-corrected chi connectivity index (χ3v) is 2.55. The number of anilines is 2. The number of aromatic nitrogens is 2. The fourth-order valence-electron chi connectivity index (χ4n) is 1.68. The molecular formula is C14H18N4. The summed E-state index contributed by atoms with van der Waals surface area (Å²) in [6.07, 6.45) is 2.75. The third kappa shape index (κ3) is 3.73. The Balaban J connectivity index is 1.84. The average molecular weight is 242 g/mol. The highest BCUT2D eigenvalue weighted by molar-refractivity contribution is 5.39. The van der Waals surface area contributed by atoms with Crippen molar-refractivity contribution in [2.75, 3.05) is 23.7 Å². The lowest BCUT2D eigenvalue weighted by molar-refractivity contribution is 0.995. The van der Waals surface area contributed by atoms with Gasteiger partial charge in [-0.25, -0.2) is 4.98 Å². The van der Waals surface area contributed by atoms with Crippen LogP contribution in [0.1, 0.15) is 12.5 Å². The van der Waals surface area contributed by atoms with E-state index in [0.29, 0.717) is 5.95 Å². The van der Waals surface area contributed by atoms with E-state index in [1.54, 1.807) is 6.20 Å². The Morgan fingerprint density at radius 1 is 1.06 bits per heavy atom. The molecule has 2 rings (SSSR count). The molecule has 94 valence electrons. The van der Waals surface area contributed by atoms with Gasteiger partial charge in [-0.15, -0.1) is 0 Å². The summed E-state index contributed by atoms with van der Waals surface area (Å²) in [6, 6.07) is 12.3. The Morgan fingerprint density at radius 2 is 1.89 bits per heavy atom. The Bertz CT molecular complexity index is 470. The van der Waals surface area contributed by atoms with Crippen LogP contribution in [0.25, 0.3) is 0 Å². The Morgan fingerprint density at radius 3 is 2.67 bits per heavy atom. The molecule has 0 fully saturated rings. The van der Waals surface area contributed by atoms with Gasteiger partial charge in [-0.2, -0.15) is 4.98 Å². The van der Waals surface area contributed by atoms with Crippen LogP contribution in [0.3, 0.4) is 0 Å². The summed E-state index contributed by atoms with van der Waals surface area (Å²) in [5.41, 5.74) is 1.32. The van der Waals surface area contributed by atoms with E-state index >= 15 is 0 Å². The summed E-state index contributed by atoms with van der Waals surface area (Å²) in [4.78, 5) is 8.49. The van der Waals surface area contributed by atoms with E-state index in [1.807, 2.05) is 19.1 Å². The minimum Gasteiger partial charge on any atom is -0.370 e. The maximum atomic E-state index is 4.36. The summed E-state index contributed by atoms with van der Waals surface area (Å²) in [6.45, 7) is 3.72. The van der Waals surface area contributed by atoms with Crippen LogP contribution in [-0.4, -0.2) is 23.1 Å². The summed E-state index contributed by atoms with van der Waals surface area (Å²) in [5.74, 6) is 1.53. The topological polar surface area (TPSA) is 49.8 Å². The normalized spacial score (nSPS) is 10.1. The van der Waals surface area contributed by atoms with Gasteiger partial charge >= 0.3 is 0 Å². The van der Waals surface area contributed by atoms with Crippen molar-refractivity contribution in [1.82, 2.24) is 9.97 Å². The van der Waals surface area contributed by atoms with E-state index in [-0.39, 0.29) is 0 Å². The van der Waals surface area contributed by atoms with Crippen molar-refractivity contribution in [3.63, 3.8) is 0 Å². The largest absolute Gasteiger partial charge is 0.370 e. The number of benzene rings is 1. The number of nitrogens with one attached hydrogen (secondary N) is 2. The molecule has 0 aliphatic heterocycles. The SMILES string of the molecule is CCNc1nccc(NCCc2ccccc2)n1. The van der Waals surface area contributed by atoms with E-state index in [2.05, 4.69) is 44.9 Å². The van der Waals surface area contributed by atoms with Gasteiger partial charge in [0.2, 0.25) is 5.95 Å². The molecule has 4 heteroatoms. The van der Waals surface area contributed by atoms with Crippen LogP contribution in [0.5, 0.6) is 0 Å². The molecule has 0 spiro atoms. The Labute approximate surface area is 107 Å². The molecule has 0 radical (unpaired) electrons. The van der Waals surface area contributed by atoms with Gasteiger partial charge in [0.15, 0.2) is 0 Å². The van der Waals surface area contributed by atoms with Crippen LogP contribution >= 0.6 is 0 Å². The fourth-order valence-corrected chi connectivity index (χ4v) is 1.68. The summed E-state index contributed by atoms with van der Waals surface area (Å²) in [5, 5.41) is 6.39. The molecule has 0 unspecified atom stereocenters. The molecule has 0 amide bonds. The first-order valence-electron chi connectivity index (χ1n) is 6.23. The number of nitrogens with zero attached hydrogens (tertiary/aromatic N) is 2. The van der Waals surface area contributed by atoms with Crippen LogP contribution in [-0.2, 0) is 6.42 Å². The van der Waals surface area contributed by atoms with E-state index in [9.17, 15) is 0 Å². The molecule has 0 saturated carbocycles. The molecule has 4 nitrogen and oxygen atoms in total. The van der Waals surface area contributed by atoms with Crippen molar-refractivity contribution in [2.45, 2.75) is 13.3 Å². The monoisotopic (exact) mass is 242 g/mol. The highest BCUT2D eigenvalue weighted by Crippen LogP contribution is 2.06. The van der Waals surface area contributed by atoms with Crippen molar-refractivity contribution in [3.8, 4) is 0 Å². The second-order valence-corrected chi connectivity index (χ2v) is 3.96. The average Bonchev–Trinajstić information content (AvgIpc) is 2.41. The van der Waals surface area contributed by atoms with Crippen LogP contribution in [0.4, 0.5) is 11.8 Å². The van der Waals surface area contributed by atoms with Crippen molar-refractivity contribution in [1.29, 1.82) is 0 Å². The van der Waals surface area contributed by atoms with Gasteiger partial charge in [-0.05, 0) is 25.0 Å². The molecule has 0 saturated heterocycles. The number of hydrogen-bond donors (Lipinski definition) is 2. The minimum absolute atomic E-state index is 0.669. The van der Waals surface area contributed by atoms with Gasteiger partial charge in [0, 0.05) is 19.3 Å². The van der Waals surface area contributed by atoms with Crippen molar-refractivity contribution >= 4 is 11.8 Å². The minimum atomic E-state index is 0.669. The third-order valence-electron chi connectivity index (χ3n) is 2.55. The van der Waals surface area contributed by atoms with E-state index in [4.69, 9.17) is 0 Å². The molecule has 2 aromatic rings. The van der Waals surface area contributed by atoms with Crippen molar-refractivity contribution in [3.05, 3.63) is 48.2 Å². The van der Waals surface area contributed by atoms with Crippen LogP contribution in [0.15, 0.2) is 42.6 Å². The summed E-state index contributed by atoms with van der Waals surface area (Å²) < 4.78 is 0. The predicted molar refractivity (Wildman–Crippen MR) is 74.8 cm³/mol. The van der Waals surface area contributed by atoms with Crippen LogP contribution in [0, 0.1) is 0 Å². The number of rotatable bonds is 6. The van der Waals surface area contributed by atoms with Gasteiger partial charge < -0.3 is 10.6 Å². The second-order valence-electron chi connectivity index (χ2n) is 3.96. The smallest absolute Gasteiger partial charge is 0.224 e. The molecule has 1 heterocycles. The molecule has 0 atom stereocenters. The first kappa shape index (κ1) is 12.4. The molecule has 1 aromatic carbocycles. The zero-order chi connectivity index (χ0) is 12.6. The Kier molecular flexibility index (Phi) is 4.53. The van der Waals surface area contributed by atoms with Gasteiger partial charge in [-0.1, -0.05) is 30.3 Å². The standard InChI is InChI=1S/C14H18N4/c1-2-15-14-17-11-9-13(18-14)16-10-8-12-6-4-3-5-7-12/h3-7,9,11H,2,8,10H2,1H3,(H2,15,16,17,18). The molecule has 1 aromatic heterocycles. The van der Waals surface area contributed by atoms with E-state index < -0.39 is 0 Å². The maximum Gasteiger partial charge on any atom is 0.224 e. The summed E-state index contributed by atoms with van der Waals surface area (Å²) >= 11 is 0. The van der Waals surface area contributed by atoms with Gasteiger partial charge in [0.1, 0.15) is 5.82 Å². The first-order valence-corrected chi connectivity index (χ1v) is 6.23. The summed E-state index contributed by atoms with van der Waals surface area (Å²) in [7, 11) is 0. The zero-order valence-electron chi connectivity index (χ0n) is 10.6. The quantitative estimate of drug-likeness (QED) is 0.817. The Hall–Kier alpha value is -2.10. The lowest BCUT2D eigenvalue weighted by atomic mass is 10.1. The zero-order valence-corrected chi connectivity index (χ0v) is 10.6. The highest BCUT2D eigenvalue weighted by atomic mass is 15.1. The maximum absolute atomic E-state index is 4.36. The first-order chi connectivity index (χ1) is 8.88. The molecule has 0 aliphatic carbocycles. The van der Waals surface area contributed by atoms with Crippen LogP contribution < -0.4 is 10.6 Å². The van der Waals surface area contributed by atoms with Crippen LogP contribution in [0.2, 0.25) is 0 Å². The van der Waals surface area contributed by atoms with Crippen molar-refractivity contribution < 1.29 is 0 Å². The molecule has 2 N–H and O–H groups in total. The molecular weight excluding hydrogens is 224 g/mol. The lowest BCUT2D eigenvalue weighted by Gasteiger charge is -2.07. The predicted octanol–water partition coefficient (Wildman–Crippen LogP) is 2.56. The number of hydrogen-bond acceptors (Lipinski definition) is 4. The molecule has 0 bridgehead atoms. The van der Waals surface area contributed by atoms with Gasteiger partial charge in [-0.3, -0.25) is 0 Å². The highest BCUT2D eigenvalue weighted by Gasteiger charge is 1.97. The fraction of sp³-hybridized carbons (Fsp3) is 0.286. The van der Waals surface area contributed by atoms with E-state index in [0.717, 1.165) is 25.3 Å².